The van der Waals surface area contributed by atoms with E-state index in [4.69, 9.17) is 9.84 Å². The van der Waals surface area contributed by atoms with Gasteiger partial charge in [0.2, 0.25) is 0 Å². The fourth-order valence-corrected chi connectivity index (χ4v) is 1.89. The van der Waals surface area contributed by atoms with Crippen LogP contribution in [0.4, 0.5) is 0 Å². The topological polar surface area (TPSA) is 49.8 Å². The minimum absolute atomic E-state index is 0.0288. The van der Waals surface area contributed by atoms with Gasteiger partial charge in [-0.2, -0.15) is 0 Å². The Morgan fingerprint density at radius 3 is 2.68 bits per heavy atom. The number of hydrogen-bond acceptors (Lipinski definition) is 3. The Morgan fingerprint density at radius 1 is 1.21 bits per heavy atom. The van der Waals surface area contributed by atoms with Gasteiger partial charge in [0, 0.05) is 6.54 Å². The maximum atomic E-state index is 10.5. The van der Waals surface area contributed by atoms with Crippen LogP contribution < -0.4 is 4.74 Å². The number of rotatable bonds is 6. The number of fused-ring (bicyclic) bond motifs is 1. The molecule has 0 aliphatic carbocycles. The Bertz CT molecular complexity index is 568. The first-order valence-electron chi connectivity index (χ1n) is 6.17. The number of ether oxygens (including phenoxy) is 1. The van der Waals surface area contributed by atoms with Gasteiger partial charge in [-0.3, -0.25) is 9.69 Å². The Kier molecular flexibility index (Phi) is 4.36. The van der Waals surface area contributed by atoms with Crippen molar-refractivity contribution in [2.24, 2.45) is 0 Å². The molecule has 19 heavy (non-hydrogen) atoms. The molecule has 2 aromatic rings. The first-order valence-corrected chi connectivity index (χ1v) is 6.17. The largest absolute Gasteiger partial charge is 0.492 e. The molecule has 0 aliphatic rings. The first-order chi connectivity index (χ1) is 9.15. The van der Waals surface area contributed by atoms with Crippen molar-refractivity contribution in [1.29, 1.82) is 0 Å². The smallest absolute Gasteiger partial charge is 0.317 e. The molecule has 0 aromatic heterocycles. The van der Waals surface area contributed by atoms with E-state index in [0.29, 0.717) is 13.2 Å². The number of carboxylic acid groups (broad SMARTS) is 1. The highest BCUT2D eigenvalue weighted by atomic mass is 16.5. The molecule has 2 rings (SSSR count). The first kappa shape index (κ1) is 13.4. The van der Waals surface area contributed by atoms with Crippen LogP contribution in [0.1, 0.15) is 0 Å². The molecule has 0 aliphatic heterocycles. The number of nitrogens with zero attached hydrogens (tertiary/aromatic N) is 1. The Labute approximate surface area is 112 Å². The van der Waals surface area contributed by atoms with Crippen LogP contribution in [-0.2, 0) is 4.79 Å². The zero-order chi connectivity index (χ0) is 13.7. The maximum absolute atomic E-state index is 10.5. The van der Waals surface area contributed by atoms with Gasteiger partial charge < -0.3 is 9.84 Å². The molecule has 0 saturated carbocycles. The van der Waals surface area contributed by atoms with Crippen molar-refractivity contribution in [3.8, 4) is 5.75 Å². The van der Waals surface area contributed by atoms with Crippen molar-refractivity contribution >= 4 is 16.7 Å². The van der Waals surface area contributed by atoms with Gasteiger partial charge in [-0.15, -0.1) is 0 Å². The normalized spacial score (nSPS) is 10.8. The fourth-order valence-electron chi connectivity index (χ4n) is 1.89. The fraction of sp³-hybridized carbons (Fsp3) is 0.267. The molecule has 0 bridgehead atoms. The lowest BCUT2D eigenvalue weighted by Gasteiger charge is -2.14. The Hall–Kier alpha value is -2.07. The minimum Gasteiger partial charge on any atom is -0.492 e. The van der Waals surface area contributed by atoms with Crippen molar-refractivity contribution < 1.29 is 14.6 Å². The van der Waals surface area contributed by atoms with Crippen LogP contribution in [0, 0.1) is 0 Å². The minimum atomic E-state index is -0.826. The zero-order valence-corrected chi connectivity index (χ0v) is 10.9. The van der Waals surface area contributed by atoms with E-state index in [0.717, 1.165) is 11.1 Å². The average molecular weight is 259 g/mol. The highest BCUT2D eigenvalue weighted by Crippen LogP contribution is 2.20. The number of hydrogen-bond donors (Lipinski definition) is 1. The highest BCUT2D eigenvalue weighted by Gasteiger charge is 2.04. The molecule has 0 amide bonds. The summed E-state index contributed by atoms with van der Waals surface area (Å²) in [6, 6.07) is 14.0. The van der Waals surface area contributed by atoms with E-state index in [1.807, 2.05) is 36.4 Å². The van der Waals surface area contributed by atoms with Gasteiger partial charge in [-0.05, 0) is 30.0 Å². The molecule has 0 spiro atoms. The lowest BCUT2D eigenvalue weighted by molar-refractivity contribution is -0.138. The summed E-state index contributed by atoms with van der Waals surface area (Å²) < 4.78 is 5.63. The number of likely N-dealkylation sites (N-methyl/N-ethyl adjacent to an activating group) is 1. The Balaban J connectivity index is 1.89. The summed E-state index contributed by atoms with van der Waals surface area (Å²) in [5.74, 6) is -0.0179. The second-order valence-corrected chi connectivity index (χ2v) is 4.49. The van der Waals surface area contributed by atoms with E-state index in [1.54, 1.807) is 11.9 Å². The van der Waals surface area contributed by atoms with Crippen molar-refractivity contribution in [3.63, 3.8) is 0 Å². The molecular formula is C15H17NO3. The number of aliphatic carboxylic acids is 1. The molecule has 0 fully saturated rings. The second kappa shape index (κ2) is 6.20. The summed E-state index contributed by atoms with van der Waals surface area (Å²) in [6.45, 7) is 1.09. The summed E-state index contributed by atoms with van der Waals surface area (Å²) >= 11 is 0. The predicted molar refractivity (Wildman–Crippen MR) is 74.6 cm³/mol. The molecule has 0 unspecified atom stereocenters. The van der Waals surface area contributed by atoms with Crippen LogP contribution in [0.25, 0.3) is 10.8 Å². The highest BCUT2D eigenvalue weighted by molar-refractivity contribution is 5.83. The van der Waals surface area contributed by atoms with Crippen LogP contribution in [0.3, 0.4) is 0 Å². The van der Waals surface area contributed by atoms with E-state index in [9.17, 15) is 4.79 Å². The summed E-state index contributed by atoms with van der Waals surface area (Å²) in [6.07, 6.45) is 0. The van der Waals surface area contributed by atoms with Crippen LogP contribution in [0.15, 0.2) is 42.5 Å². The molecule has 4 nitrogen and oxygen atoms in total. The standard InChI is InChI=1S/C15H17NO3/c1-16(11-15(17)18)8-9-19-14-7-6-12-4-2-3-5-13(12)10-14/h2-7,10H,8-9,11H2,1H3,(H,17,18). The SMILES string of the molecule is CN(CCOc1ccc2ccccc2c1)CC(=O)O. The molecule has 0 heterocycles. The lowest BCUT2D eigenvalue weighted by atomic mass is 10.1. The van der Waals surface area contributed by atoms with Crippen molar-refractivity contribution in [2.75, 3.05) is 26.7 Å². The van der Waals surface area contributed by atoms with E-state index < -0.39 is 5.97 Å². The van der Waals surface area contributed by atoms with Gasteiger partial charge in [0.05, 0.1) is 6.54 Å². The molecule has 100 valence electrons. The van der Waals surface area contributed by atoms with E-state index in [-0.39, 0.29) is 6.54 Å². The van der Waals surface area contributed by atoms with Crippen molar-refractivity contribution in [1.82, 2.24) is 4.90 Å². The lowest BCUT2D eigenvalue weighted by Crippen LogP contribution is -2.29. The molecule has 0 saturated heterocycles. The van der Waals surface area contributed by atoms with Gasteiger partial charge in [0.1, 0.15) is 12.4 Å². The number of benzene rings is 2. The van der Waals surface area contributed by atoms with Gasteiger partial charge in [0.25, 0.3) is 0 Å². The summed E-state index contributed by atoms with van der Waals surface area (Å²) in [5.41, 5.74) is 0. The molecule has 2 aromatic carbocycles. The van der Waals surface area contributed by atoms with E-state index in [2.05, 4.69) is 6.07 Å². The molecular weight excluding hydrogens is 242 g/mol. The summed E-state index contributed by atoms with van der Waals surface area (Å²) in [5, 5.41) is 11.0. The van der Waals surface area contributed by atoms with Crippen LogP contribution in [0.2, 0.25) is 0 Å². The molecule has 4 heteroatoms. The molecule has 1 N–H and O–H groups in total. The third-order valence-electron chi connectivity index (χ3n) is 2.87. The van der Waals surface area contributed by atoms with Crippen LogP contribution in [0.5, 0.6) is 5.75 Å². The van der Waals surface area contributed by atoms with Gasteiger partial charge in [-0.1, -0.05) is 30.3 Å². The third kappa shape index (κ3) is 3.96. The summed E-state index contributed by atoms with van der Waals surface area (Å²) in [7, 11) is 1.76. The second-order valence-electron chi connectivity index (χ2n) is 4.49. The van der Waals surface area contributed by atoms with E-state index in [1.165, 1.54) is 5.39 Å². The van der Waals surface area contributed by atoms with Crippen LogP contribution in [-0.4, -0.2) is 42.7 Å². The van der Waals surface area contributed by atoms with Gasteiger partial charge in [0.15, 0.2) is 0 Å². The van der Waals surface area contributed by atoms with Gasteiger partial charge >= 0.3 is 5.97 Å². The number of carbonyl (C=O) groups is 1. The van der Waals surface area contributed by atoms with E-state index >= 15 is 0 Å². The van der Waals surface area contributed by atoms with Crippen molar-refractivity contribution in [3.05, 3.63) is 42.5 Å². The van der Waals surface area contributed by atoms with Crippen LogP contribution >= 0.6 is 0 Å². The quantitative estimate of drug-likeness (QED) is 0.864. The van der Waals surface area contributed by atoms with Gasteiger partial charge in [-0.25, -0.2) is 0 Å². The zero-order valence-electron chi connectivity index (χ0n) is 10.9. The van der Waals surface area contributed by atoms with Crippen molar-refractivity contribution in [2.45, 2.75) is 0 Å². The Morgan fingerprint density at radius 2 is 1.95 bits per heavy atom. The average Bonchev–Trinajstić information content (AvgIpc) is 2.37. The molecule has 0 atom stereocenters. The number of carboxylic acids is 1. The maximum Gasteiger partial charge on any atom is 0.317 e. The monoisotopic (exact) mass is 259 g/mol. The predicted octanol–water partition coefficient (Wildman–Crippen LogP) is 2.23. The molecule has 0 radical (unpaired) electrons. The third-order valence-corrected chi connectivity index (χ3v) is 2.87. The summed E-state index contributed by atoms with van der Waals surface area (Å²) in [4.78, 5) is 12.2.